The molecule has 0 N–H and O–H groups in total. The highest BCUT2D eigenvalue weighted by Crippen LogP contribution is 2.09. The molecule has 0 spiro atoms. The van der Waals surface area contributed by atoms with E-state index in [0.717, 1.165) is 5.69 Å². The molecular weight excluding hydrogens is 284 g/mol. The molecule has 1 amide bonds. The molecule has 1 aromatic rings. The minimum absolute atomic E-state index is 0.0175. The van der Waals surface area contributed by atoms with Crippen molar-refractivity contribution in [3.05, 3.63) is 29.6 Å². The summed E-state index contributed by atoms with van der Waals surface area (Å²) in [7, 11) is 3.42. The number of nitrogens with zero attached hydrogens (tertiary/aromatic N) is 2. The molecule has 1 rings (SSSR count). The highest BCUT2D eigenvalue weighted by molar-refractivity contribution is 9.09. The van der Waals surface area contributed by atoms with Crippen LogP contribution < -0.4 is 0 Å². The monoisotopic (exact) mass is 300 g/mol. The Morgan fingerprint density at radius 2 is 2.35 bits per heavy atom. The largest absolute Gasteiger partial charge is 0.383 e. The van der Waals surface area contributed by atoms with Gasteiger partial charge in [-0.2, -0.15) is 0 Å². The van der Waals surface area contributed by atoms with E-state index < -0.39 is 0 Å². The SMILES string of the molecule is COCC(Br)CN(C)C(=O)c1cccnc1C. The topological polar surface area (TPSA) is 42.4 Å². The second-order valence-electron chi connectivity index (χ2n) is 3.87. The van der Waals surface area contributed by atoms with Crippen LogP contribution in [0.2, 0.25) is 0 Å². The predicted molar refractivity (Wildman–Crippen MR) is 70.5 cm³/mol. The minimum atomic E-state index is -0.0175. The summed E-state index contributed by atoms with van der Waals surface area (Å²) in [5.41, 5.74) is 1.40. The molecule has 0 bridgehead atoms. The van der Waals surface area contributed by atoms with Gasteiger partial charge in [0.2, 0.25) is 0 Å². The van der Waals surface area contributed by atoms with E-state index in [9.17, 15) is 4.79 Å². The third kappa shape index (κ3) is 4.09. The number of hydrogen-bond acceptors (Lipinski definition) is 3. The van der Waals surface area contributed by atoms with Crippen molar-refractivity contribution < 1.29 is 9.53 Å². The van der Waals surface area contributed by atoms with E-state index in [-0.39, 0.29) is 10.7 Å². The Hall–Kier alpha value is -0.940. The number of rotatable bonds is 5. The molecule has 0 aliphatic heterocycles. The lowest BCUT2D eigenvalue weighted by Crippen LogP contribution is -2.34. The van der Waals surface area contributed by atoms with Gasteiger partial charge in [0.05, 0.1) is 17.0 Å². The molecule has 0 aromatic carbocycles. The Morgan fingerprint density at radius 1 is 1.65 bits per heavy atom. The molecule has 1 heterocycles. The Balaban J connectivity index is 2.67. The maximum atomic E-state index is 12.1. The maximum absolute atomic E-state index is 12.1. The van der Waals surface area contributed by atoms with Crippen molar-refractivity contribution in [2.75, 3.05) is 27.3 Å². The number of ether oxygens (including phenoxy) is 1. The highest BCUT2D eigenvalue weighted by atomic mass is 79.9. The number of halogens is 1. The fourth-order valence-electron chi connectivity index (χ4n) is 1.53. The van der Waals surface area contributed by atoms with Gasteiger partial charge in [-0.15, -0.1) is 0 Å². The Kier molecular flexibility index (Phi) is 5.58. The van der Waals surface area contributed by atoms with E-state index in [1.165, 1.54) is 0 Å². The average molecular weight is 301 g/mol. The number of hydrogen-bond donors (Lipinski definition) is 0. The standard InChI is InChI=1S/C12H17BrN2O2/c1-9-11(5-4-6-14-9)12(16)15(2)7-10(13)8-17-3/h4-6,10H,7-8H2,1-3H3. The molecule has 17 heavy (non-hydrogen) atoms. The van der Waals surface area contributed by atoms with Crippen molar-refractivity contribution in [1.82, 2.24) is 9.88 Å². The quantitative estimate of drug-likeness (QED) is 0.780. The summed E-state index contributed by atoms with van der Waals surface area (Å²) in [6, 6.07) is 3.57. The zero-order chi connectivity index (χ0) is 12.8. The number of methoxy groups -OCH3 is 1. The zero-order valence-corrected chi connectivity index (χ0v) is 11.9. The Bertz CT molecular complexity index is 385. The van der Waals surface area contributed by atoms with E-state index in [4.69, 9.17) is 4.74 Å². The van der Waals surface area contributed by atoms with Gasteiger partial charge in [-0.1, -0.05) is 15.9 Å². The second kappa shape index (κ2) is 6.71. The van der Waals surface area contributed by atoms with Gasteiger partial charge in [-0.05, 0) is 19.1 Å². The van der Waals surface area contributed by atoms with Crippen LogP contribution in [0.3, 0.4) is 0 Å². The number of amides is 1. The molecule has 1 atom stereocenters. The third-order valence-electron chi connectivity index (χ3n) is 2.40. The molecule has 0 saturated carbocycles. The molecule has 1 aromatic heterocycles. The van der Waals surface area contributed by atoms with Crippen LogP contribution in [0.15, 0.2) is 18.3 Å². The number of aromatic nitrogens is 1. The van der Waals surface area contributed by atoms with Crippen molar-refractivity contribution in [3.63, 3.8) is 0 Å². The zero-order valence-electron chi connectivity index (χ0n) is 10.3. The number of carbonyl (C=O) groups is 1. The van der Waals surface area contributed by atoms with Crippen LogP contribution in [-0.4, -0.2) is 47.9 Å². The fourth-order valence-corrected chi connectivity index (χ4v) is 2.23. The lowest BCUT2D eigenvalue weighted by Gasteiger charge is -2.20. The Labute approximate surface area is 110 Å². The summed E-state index contributed by atoms with van der Waals surface area (Å²) >= 11 is 3.46. The summed E-state index contributed by atoms with van der Waals surface area (Å²) < 4.78 is 5.02. The van der Waals surface area contributed by atoms with Gasteiger partial charge in [0.15, 0.2) is 0 Å². The number of alkyl halides is 1. The predicted octanol–water partition coefficient (Wildman–Crippen LogP) is 1.87. The van der Waals surface area contributed by atoms with E-state index in [2.05, 4.69) is 20.9 Å². The molecule has 0 aliphatic rings. The fraction of sp³-hybridized carbons (Fsp3) is 0.500. The van der Waals surface area contributed by atoms with Crippen LogP contribution >= 0.6 is 15.9 Å². The average Bonchev–Trinajstić information content (AvgIpc) is 2.29. The van der Waals surface area contributed by atoms with E-state index >= 15 is 0 Å². The lowest BCUT2D eigenvalue weighted by atomic mass is 10.2. The van der Waals surface area contributed by atoms with Crippen LogP contribution in [0, 0.1) is 6.92 Å². The van der Waals surface area contributed by atoms with Crippen LogP contribution in [0.4, 0.5) is 0 Å². The van der Waals surface area contributed by atoms with Crippen molar-refractivity contribution in [2.24, 2.45) is 0 Å². The van der Waals surface area contributed by atoms with Crippen molar-refractivity contribution in [1.29, 1.82) is 0 Å². The number of aryl methyl sites for hydroxylation is 1. The summed E-state index contributed by atoms with van der Waals surface area (Å²) in [6.45, 7) is 3.01. The highest BCUT2D eigenvalue weighted by Gasteiger charge is 2.17. The molecule has 5 heteroatoms. The van der Waals surface area contributed by atoms with Gasteiger partial charge in [-0.3, -0.25) is 9.78 Å². The van der Waals surface area contributed by atoms with Gasteiger partial charge >= 0.3 is 0 Å². The summed E-state index contributed by atoms with van der Waals surface area (Å²) in [5.74, 6) is -0.0175. The smallest absolute Gasteiger partial charge is 0.255 e. The molecule has 0 fully saturated rings. The first-order valence-electron chi connectivity index (χ1n) is 5.36. The third-order valence-corrected chi connectivity index (χ3v) is 2.96. The van der Waals surface area contributed by atoms with Crippen LogP contribution in [0.5, 0.6) is 0 Å². The van der Waals surface area contributed by atoms with E-state index in [1.807, 2.05) is 6.92 Å². The van der Waals surface area contributed by atoms with Gasteiger partial charge < -0.3 is 9.64 Å². The van der Waals surface area contributed by atoms with Crippen molar-refractivity contribution in [3.8, 4) is 0 Å². The summed E-state index contributed by atoms with van der Waals surface area (Å²) in [6.07, 6.45) is 1.68. The molecule has 0 saturated heterocycles. The molecule has 0 radical (unpaired) electrons. The van der Waals surface area contributed by atoms with Crippen molar-refractivity contribution >= 4 is 21.8 Å². The second-order valence-corrected chi connectivity index (χ2v) is 5.17. The van der Waals surface area contributed by atoms with Gasteiger partial charge in [-0.25, -0.2) is 0 Å². The molecule has 4 nitrogen and oxygen atoms in total. The minimum Gasteiger partial charge on any atom is -0.383 e. The van der Waals surface area contributed by atoms with Crippen LogP contribution in [0.1, 0.15) is 16.1 Å². The van der Waals surface area contributed by atoms with Crippen LogP contribution in [-0.2, 0) is 4.74 Å². The Morgan fingerprint density at radius 3 is 2.94 bits per heavy atom. The summed E-state index contributed by atoms with van der Waals surface area (Å²) in [4.78, 5) is 18.1. The summed E-state index contributed by atoms with van der Waals surface area (Å²) in [5, 5.41) is 0. The normalized spacial score (nSPS) is 12.2. The van der Waals surface area contributed by atoms with Crippen LogP contribution in [0.25, 0.3) is 0 Å². The molecule has 1 unspecified atom stereocenters. The molecular formula is C12H17BrN2O2. The number of carbonyl (C=O) groups excluding carboxylic acids is 1. The molecule has 94 valence electrons. The first kappa shape index (κ1) is 14.1. The first-order chi connectivity index (χ1) is 8.06. The van der Waals surface area contributed by atoms with Gasteiger partial charge in [0.25, 0.3) is 5.91 Å². The first-order valence-corrected chi connectivity index (χ1v) is 6.28. The number of pyridine rings is 1. The van der Waals surface area contributed by atoms with Gasteiger partial charge in [0, 0.05) is 32.6 Å². The van der Waals surface area contributed by atoms with Gasteiger partial charge in [0.1, 0.15) is 0 Å². The molecule has 0 aliphatic carbocycles. The maximum Gasteiger partial charge on any atom is 0.255 e. The van der Waals surface area contributed by atoms with E-state index in [1.54, 1.807) is 37.4 Å². The van der Waals surface area contributed by atoms with E-state index in [0.29, 0.717) is 18.7 Å². The lowest BCUT2D eigenvalue weighted by molar-refractivity contribution is 0.0783. The van der Waals surface area contributed by atoms with Crippen molar-refractivity contribution in [2.45, 2.75) is 11.8 Å².